The largest absolute Gasteiger partial charge is 0.345 e. The van der Waals surface area contributed by atoms with E-state index in [-0.39, 0.29) is 0 Å². The Bertz CT molecular complexity index is 853. The molecule has 0 N–H and O–H groups in total. The van der Waals surface area contributed by atoms with Crippen molar-refractivity contribution < 1.29 is 4.79 Å². The molecular weight excluding hydrogens is 370 g/mol. The second kappa shape index (κ2) is 9.55. The Morgan fingerprint density at radius 3 is 2.77 bits per heavy atom. The zero-order valence-electron chi connectivity index (χ0n) is 19.1. The van der Waals surface area contributed by atoms with E-state index in [2.05, 4.69) is 53.8 Å². The smallest absolute Gasteiger partial charge is 0.222 e. The predicted molar refractivity (Wildman–Crippen MR) is 125 cm³/mol. The van der Waals surface area contributed by atoms with Crippen LogP contribution < -0.4 is 0 Å². The van der Waals surface area contributed by atoms with Crippen LogP contribution in [0.2, 0.25) is 0 Å². The average molecular weight is 410 g/mol. The zero-order valence-corrected chi connectivity index (χ0v) is 19.1. The molecule has 2 saturated heterocycles. The summed E-state index contributed by atoms with van der Waals surface area (Å²) in [5.74, 6) is 0.979. The van der Waals surface area contributed by atoms with Crippen molar-refractivity contribution in [3.8, 4) is 0 Å². The molecule has 2 aliphatic rings. The number of nitrogens with zero attached hydrogens (tertiary/aromatic N) is 3. The van der Waals surface area contributed by atoms with E-state index in [0.717, 1.165) is 19.4 Å². The van der Waals surface area contributed by atoms with Crippen LogP contribution in [-0.4, -0.2) is 53.0 Å². The number of para-hydroxylation sites is 1. The van der Waals surface area contributed by atoms with Crippen molar-refractivity contribution in [2.75, 3.05) is 26.7 Å². The number of hydrogen-bond donors (Lipinski definition) is 0. The molecule has 0 saturated carbocycles. The van der Waals surface area contributed by atoms with Gasteiger partial charge in [0.15, 0.2) is 0 Å². The van der Waals surface area contributed by atoms with Crippen LogP contribution in [0.5, 0.6) is 0 Å². The van der Waals surface area contributed by atoms with Gasteiger partial charge >= 0.3 is 0 Å². The Morgan fingerprint density at radius 1 is 1.13 bits per heavy atom. The fourth-order valence-electron chi connectivity index (χ4n) is 5.77. The normalized spacial score (nSPS) is 22.4. The van der Waals surface area contributed by atoms with Gasteiger partial charge < -0.3 is 14.4 Å². The number of amides is 1. The summed E-state index contributed by atoms with van der Waals surface area (Å²) in [5, 5.41) is 1.34. The Kier molecular flexibility index (Phi) is 6.82. The molecule has 0 spiro atoms. The average Bonchev–Trinajstić information content (AvgIpc) is 3.13. The molecule has 0 bridgehead atoms. The van der Waals surface area contributed by atoms with Crippen molar-refractivity contribution in [3.63, 3.8) is 0 Å². The molecule has 1 aromatic heterocycles. The van der Waals surface area contributed by atoms with Gasteiger partial charge in [-0.05, 0) is 83.0 Å². The van der Waals surface area contributed by atoms with E-state index in [4.69, 9.17) is 0 Å². The number of aromatic nitrogens is 1. The number of benzene rings is 1. The van der Waals surface area contributed by atoms with E-state index >= 15 is 0 Å². The second-order valence-corrected chi connectivity index (χ2v) is 9.80. The zero-order chi connectivity index (χ0) is 21.1. The van der Waals surface area contributed by atoms with Crippen LogP contribution in [0.3, 0.4) is 0 Å². The number of aryl methyl sites for hydroxylation is 1. The molecule has 4 heteroatoms. The van der Waals surface area contributed by atoms with Crippen molar-refractivity contribution in [1.82, 2.24) is 14.4 Å². The third-order valence-electron chi connectivity index (χ3n) is 7.38. The summed E-state index contributed by atoms with van der Waals surface area (Å²) in [5.41, 5.74) is 2.68. The van der Waals surface area contributed by atoms with Crippen LogP contribution in [0.15, 0.2) is 30.5 Å². The first-order valence-electron chi connectivity index (χ1n) is 12.1. The molecular formula is C26H39N3O. The van der Waals surface area contributed by atoms with Crippen molar-refractivity contribution in [3.05, 3.63) is 36.0 Å². The summed E-state index contributed by atoms with van der Waals surface area (Å²) >= 11 is 0. The van der Waals surface area contributed by atoms with Gasteiger partial charge in [0.1, 0.15) is 0 Å². The van der Waals surface area contributed by atoms with Gasteiger partial charge in [0.2, 0.25) is 5.91 Å². The molecule has 2 aromatic rings. The molecule has 1 aromatic carbocycles. The Hall–Kier alpha value is -1.81. The number of rotatable bonds is 7. The quantitative estimate of drug-likeness (QED) is 0.623. The van der Waals surface area contributed by atoms with Crippen LogP contribution in [-0.2, 0) is 11.2 Å². The fourth-order valence-corrected chi connectivity index (χ4v) is 5.77. The lowest BCUT2D eigenvalue weighted by Crippen LogP contribution is -2.51. The highest BCUT2D eigenvalue weighted by Gasteiger charge is 2.33. The highest BCUT2D eigenvalue weighted by atomic mass is 16.2. The van der Waals surface area contributed by atoms with Gasteiger partial charge in [0.25, 0.3) is 0 Å². The lowest BCUT2D eigenvalue weighted by Gasteiger charge is -2.45. The molecule has 164 valence electrons. The Labute approximate surface area is 182 Å². The van der Waals surface area contributed by atoms with Crippen molar-refractivity contribution >= 4 is 16.8 Å². The number of hydrogen-bond acceptors (Lipinski definition) is 2. The first kappa shape index (κ1) is 21.4. The molecule has 0 radical (unpaired) electrons. The molecule has 4 nitrogen and oxygen atoms in total. The summed E-state index contributed by atoms with van der Waals surface area (Å²) in [6.45, 7) is 7.93. The predicted octanol–water partition coefficient (Wildman–Crippen LogP) is 5.27. The number of fused-ring (bicyclic) bond motifs is 2. The van der Waals surface area contributed by atoms with Crippen LogP contribution >= 0.6 is 0 Å². The van der Waals surface area contributed by atoms with Crippen LogP contribution in [0, 0.1) is 5.92 Å². The van der Waals surface area contributed by atoms with Crippen LogP contribution in [0.1, 0.15) is 70.4 Å². The molecule has 2 fully saturated rings. The van der Waals surface area contributed by atoms with E-state index in [0.29, 0.717) is 30.3 Å². The topological polar surface area (TPSA) is 28.5 Å². The van der Waals surface area contributed by atoms with Gasteiger partial charge in [-0.2, -0.15) is 0 Å². The van der Waals surface area contributed by atoms with Crippen LogP contribution in [0.25, 0.3) is 10.9 Å². The van der Waals surface area contributed by atoms with E-state index < -0.39 is 0 Å². The highest BCUT2D eigenvalue weighted by molar-refractivity contribution is 5.84. The Morgan fingerprint density at radius 2 is 1.93 bits per heavy atom. The number of piperidine rings is 2. The first-order chi connectivity index (χ1) is 14.5. The van der Waals surface area contributed by atoms with Crippen LogP contribution in [0.4, 0.5) is 0 Å². The maximum absolute atomic E-state index is 12.9. The maximum atomic E-state index is 12.9. The first-order valence-corrected chi connectivity index (χ1v) is 12.1. The fraction of sp³-hybridized carbons (Fsp3) is 0.654. The molecule has 2 unspecified atom stereocenters. The van der Waals surface area contributed by atoms with Gasteiger partial charge in [-0.15, -0.1) is 0 Å². The highest BCUT2D eigenvalue weighted by Crippen LogP contribution is 2.31. The molecule has 2 aliphatic heterocycles. The molecule has 1 amide bonds. The van der Waals surface area contributed by atoms with E-state index in [1.807, 2.05) is 11.9 Å². The van der Waals surface area contributed by atoms with Gasteiger partial charge in [0, 0.05) is 49.2 Å². The minimum absolute atomic E-state index is 0.315. The second-order valence-electron chi connectivity index (χ2n) is 9.80. The molecule has 4 rings (SSSR count). The van der Waals surface area contributed by atoms with E-state index in [9.17, 15) is 4.79 Å². The molecule has 30 heavy (non-hydrogen) atoms. The van der Waals surface area contributed by atoms with Crippen molar-refractivity contribution in [2.24, 2.45) is 5.92 Å². The molecule has 3 heterocycles. The van der Waals surface area contributed by atoms with Gasteiger partial charge in [-0.3, -0.25) is 4.79 Å². The summed E-state index contributed by atoms with van der Waals surface area (Å²) in [6.07, 6.45) is 11.5. The maximum Gasteiger partial charge on any atom is 0.222 e. The molecule has 2 atom stereocenters. The minimum atomic E-state index is 0.315. The standard InChI is InChI=1S/C26H39N3O/c1-20(2)29-19-21(23-12-4-5-14-25(23)29)10-8-15-26(30)27(3)18-22-11-9-17-28-16-7-6-13-24(22)28/h4-5,12,14,19-20,22,24H,6-11,13,15-18H2,1-3H3. The van der Waals surface area contributed by atoms with Gasteiger partial charge in [0.05, 0.1) is 0 Å². The lowest BCUT2D eigenvalue weighted by molar-refractivity contribution is -0.131. The number of carbonyl (C=O) groups is 1. The number of carbonyl (C=O) groups excluding carboxylic acids is 1. The third-order valence-corrected chi connectivity index (χ3v) is 7.38. The Balaban J connectivity index is 1.31. The van der Waals surface area contributed by atoms with Gasteiger partial charge in [-0.1, -0.05) is 24.6 Å². The van der Waals surface area contributed by atoms with E-state index in [1.165, 1.54) is 61.7 Å². The summed E-state index contributed by atoms with van der Waals surface area (Å²) in [6, 6.07) is 9.82. The minimum Gasteiger partial charge on any atom is -0.345 e. The third kappa shape index (κ3) is 4.59. The SMILES string of the molecule is CC(C)n1cc(CCCC(=O)N(C)CC2CCCN3CCCCC23)c2ccccc21. The van der Waals surface area contributed by atoms with Crippen molar-refractivity contribution in [2.45, 2.75) is 77.3 Å². The summed E-state index contributed by atoms with van der Waals surface area (Å²) < 4.78 is 2.36. The monoisotopic (exact) mass is 409 g/mol. The van der Waals surface area contributed by atoms with E-state index in [1.54, 1.807) is 0 Å². The summed E-state index contributed by atoms with van der Waals surface area (Å²) in [4.78, 5) is 17.6. The summed E-state index contributed by atoms with van der Waals surface area (Å²) in [7, 11) is 2.02. The van der Waals surface area contributed by atoms with Gasteiger partial charge in [-0.25, -0.2) is 0 Å². The molecule has 0 aliphatic carbocycles. The lowest BCUT2D eigenvalue weighted by atomic mass is 9.83. The van der Waals surface area contributed by atoms with Crippen molar-refractivity contribution in [1.29, 1.82) is 0 Å².